The highest BCUT2D eigenvalue weighted by molar-refractivity contribution is 5.94. The van der Waals surface area contributed by atoms with Crippen molar-refractivity contribution in [3.05, 3.63) is 47.5 Å². The van der Waals surface area contributed by atoms with Gasteiger partial charge in [0.1, 0.15) is 0 Å². The standard InChI is InChI=1S/C23H30N6O2/c30-22(24-15-17-7-3-1-4-8-17)21-26-25-20-19-16-28(12-11-27(19)13-14-29(20)21)23(31)18-9-5-2-6-10-18/h2,5-6,9-10,17,19H,1,3-4,7-8,11-16H2,(H,24,30). The van der Waals surface area contributed by atoms with Crippen LogP contribution in [0.3, 0.4) is 0 Å². The Morgan fingerprint density at radius 3 is 2.55 bits per heavy atom. The highest BCUT2D eigenvalue weighted by atomic mass is 16.2. The molecule has 1 aromatic heterocycles. The van der Waals surface area contributed by atoms with E-state index in [-0.39, 0.29) is 17.9 Å². The molecule has 2 fully saturated rings. The lowest BCUT2D eigenvalue weighted by Crippen LogP contribution is -2.53. The molecule has 0 spiro atoms. The van der Waals surface area contributed by atoms with Gasteiger partial charge in [0.2, 0.25) is 5.82 Å². The monoisotopic (exact) mass is 422 g/mol. The number of fused-ring (bicyclic) bond motifs is 3. The molecule has 2 aliphatic heterocycles. The molecule has 164 valence electrons. The fourth-order valence-electron chi connectivity index (χ4n) is 5.17. The van der Waals surface area contributed by atoms with Crippen LogP contribution in [0.5, 0.6) is 0 Å². The van der Waals surface area contributed by atoms with Crippen molar-refractivity contribution >= 4 is 11.8 Å². The zero-order chi connectivity index (χ0) is 21.2. The zero-order valence-corrected chi connectivity index (χ0v) is 17.9. The lowest BCUT2D eigenvalue weighted by molar-refractivity contribution is 0.0373. The van der Waals surface area contributed by atoms with Gasteiger partial charge in [0.05, 0.1) is 6.04 Å². The molecule has 1 saturated carbocycles. The van der Waals surface area contributed by atoms with Crippen molar-refractivity contribution < 1.29 is 9.59 Å². The second-order valence-electron chi connectivity index (χ2n) is 8.92. The Morgan fingerprint density at radius 1 is 0.968 bits per heavy atom. The number of hydrogen-bond donors (Lipinski definition) is 1. The van der Waals surface area contributed by atoms with Gasteiger partial charge in [0.15, 0.2) is 5.82 Å². The van der Waals surface area contributed by atoms with E-state index in [0.717, 1.165) is 25.5 Å². The van der Waals surface area contributed by atoms with Gasteiger partial charge in [-0.2, -0.15) is 0 Å². The number of benzene rings is 1. The molecule has 1 atom stereocenters. The van der Waals surface area contributed by atoms with Gasteiger partial charge < -0.3 is 14.8 Å². The summed E-state index contributed by atoms with van der Waals surface area (Å²) in [7, 11) is 0. The number of aromatic nitrogens is 3. The van der Waals surface area contributed by atoms with E-state index >= 15 is 0 Å². The molecule has 0 bridgehead atoms. The van der Waals surface area contributed by atoms with Crippen LogP contribution in [-0.2, 0) is 6.54 Å². The molecule has 5 rings (SSSR count). The third-order valence-electron chi connectivity index (χ3n) is 6.97. The normalized spacial score (nSPS) is 21.9. The van der Waals surface area contributed by atoms with Gasteiger partial charge in [-0.15, -0.1) is 10.2 Å². The predicted octanol–water partition coefficient (Wildman–Crippen LogP) is 2.10. The molecule has 3 aliphatic rings. The van der Waals surface area contributed by atoms with Crippen molar-refractivity contribution in [2.75, 3.05) is 32.7 Å². The predicted molar refractivity (Wildman–Crippen MR) is 116 cm³/mol. The minimum Gasteiger partial charge on any atom is -0.349 e. The second kappa shape index (κ2) is 8.78. The van der Waals surface area contributed by atoms with E-state index in [0.29, 0.717) is 36.9 Å². The third-order valence-corrected chi connectivity index (χ3v) is 6.97. The summed E-state index contributed by atoms with van der Waals surface area (Å²) in [6.45, 7) is 4.33. The Hall–Kier alpha value is -2.74. The van der Waals surface area contributed by atoms with Crippen LogP contribution < -0.4 is 5.32 Å². The maximum absolute atomic E-state index is 12.9. The van der Waals surface area contributed by atoms with Crippen molar-refractivity contribution in [3.63, 3.8) is 0 Å². The number of carbonyl (C=O) groups excluding carboxylic acids is 2. The lowest BCUT2D eigenvalue weighted by Gasteiger charge is -2.43. The molecular formula is C23H30N6O2. The van der Waals surface area contributed by atoms with Crippen LogP contribution in [0.1, 0.15) is 64.9 Å². The topological polar surface area (TPSA) is 83.4 Å². The average Bonchev–Trinajstić information content (AvgIpc) is 3.28. The molecule has 1 unspecified atom stereocenters. The van der Waals surface area contributed by atoms with Crippen LogP contribution in [0.25, 0.3) is 0 Å². The molecule has 8 heteroatoms. The van der Waals surface area contributed by atoms with Crippen LogP contribution in [-0.4, -0.2) is 69.1 Å². The van der Waals surface area contributed by atoms with Crippen LogP contribution in [0.4, 0.5) is 0 Å². The largest absolute Gasteiger partial charge is 0.349 e. The van der Waals surface area contributed by atoms with Crippen molar-refractivity contribution in [3.8, 4) is 0 Å². The summed E-state index contributed by atoms with van der Waals surface area (Å²) in [5.41, 5.74) is 0.705. The first-order valence-corrected chi connectivity index (χ1v) is 11.5. The molecule has 1 N–H and O–H groups in total. The Bertz CT molecular complexity index is 937. The molecular weight excluding hydrogens is 392 g/mol. The molecule has 2 aromatic rings. The molecule has 8 nitrogen and oxygen atoms in total. The summed E-state index contributed by atoms with van der Waals surface area (Å²) in [4.78, 5) is 30.0. The summed E-state index contributed by atoms with van der Waals surface area (Å²) in [5, 5.41) is 11.7. The van der Waals surface area contributed by atoms with E-state index in [1.54, 1.807) is 0 Å². The number of nitrogens with zero attached hydrogens (tertiary/aromatic N) is 5. The summed E-state index contributed by atoms with van der Waals surface area (Å²) < 4.78 is 1.95. The second-order valence-corrected chi connectivity index (χ2v) is 8.92. The number of piperazine rings is 1. The quantitative estimate of drug-likeness (QED) is 0.816. The molecule has 2 amide bonds. The highest BCUT2D eigenvalue weighted by Gasteiger charge is 2.38. The molecule has 1 saturated heterocycles. The first-order chi connectivity index (χ1) is 15.2. The number of carbonyl (C=O) groups is 2. The van der Waals surface area contributed by atoms with E-state index in [1.165, 1.54) is 32.1 Å². The first kappa shape index (κ1) is 20.2. The first-order valence-electron chi connectivity index (χ1n) is 11.5. The van der Waals surface area contributed by atoms with E-state index < -0.39 is 0 Å². The third kappa shape index (κ3) is 4.08. The van der Waals surface area contributed by atoms with Gasteiger partial charge in [-0.25, -0.2) is 0 Å². The smallest absolute Gasteiger partial charge is 0.289 e. The highest BCUT2D eigenvalue weighted by Crippen LogP contribution is 2.29. The molecule has 3 heterocycles. The molecule has 1 aliphatic carbocycles. The fourth-order valence-corrected chi connectivity index (χ4v) is 5.17. The number of rotatable bonds is 4. The molecule has 0 radical (unpaired) electrons. The van der Waals surface area contributed by atoms with Crippen molar-refractivity contribution in [2.45, 2.75) is 44.7 Å². The summed E-state index contributed by atoms with van der Waals surface area (Å²) >= 11 is 0. The maximum atomic E-state index is 12.9. The van der Waals surface area contributed by atoms with E-state index in [1.807, 2.05) is 39.8 Å². The van der Waals surface area contributed by atoms with Crippen LogP contribution >= 0.6 is 0 Å². The van der Waals surface area contributed by atoms with E-state index in [4.69, 9.17) is 0 Å². The molecule has 1 aromatic carbocycles. The lowest BCUT2D eigenvalue weighted by atomic mass is 9.89. The van der Waals surface area contributed by atoms with E-state index in [9.17, 15) is 9.59 Å². The van der Waals surface area contributed by atoms with Crippen molar-refractivity contribution in [1.29, 1.82) is 0 Å². The zero-order valence-electron chi connectivity index (χ0n) is 17.9. The van der Waals surface area contributed by atoms with Gasteiger partial charge >= 0.3 is 0 Å². The van der Waals surface area contributed by atoms with Gasteiger partial charge in [0.25, 0.3) is 11.8 Å². The summed E-state index contributed by atoms with van der Waals surface area (Å²) in [5.74, 6) is 1.68. The van der Waals surface area contributed by atoms with Gasteiger partial charge in [0, 0.05) is 44.8 Å². The van der Waals surface area contributed by atoms with Crippen LogP contribution in [0.2, 0.25) is 0 Å². The van der Waals surface area contributed by atoms with E-state index in [2.05, 4.69) is 20.4 Å². The summed E-state index contributed by atoms with van der Waals surface area (Å²) in [6, 6.07) is 9.37. The number of nitrogens with one attached hydrogen (secondary N) is 1. The van der Waals surface area contributed by atoms with Gasteiger partial charge in [-0.05, 0) is 30.9 Å². The SMILES string of the molecule is O=C(NCC1CCCCC1)c1nnc2n1CCN1CCN(C(=O)c3ccccc3)CC21. The van der Waals surface area contributed by atoms with Gasteiger partial charge in [-0.3, -0.25) is 14.5 Å². The van der Waals surface area contributed by atoms with Crippen molar-refractivity contribution in [1.82, 2.24) is 29.9 Å². The number of amides is 2. The average molecular weight is 423 g/mol. The van der Waals surface area contributed by atoms with Crippen molar-refractivity contribution in [2.24, 2.45) is 5.92 Å². The Balaban J connectivity index is 1.28. The Labute approximate surface area is 182 Å². The Kier molecular flexibility index (Phi) is 5.72. The maximum Gasteiger partial charge on any atom is 0.289 e. The minimum atomic E-state index is -0.134. The minimum absolute atomic E-state index is 0.0254. The molecule has 31 heavy (non-hydrogen) atoms. The number of hydrogen-bond acceptors (Lipinski definition) is 5. The van der Waals surface area contributed by atoms with Crippen LogP contribution in [0.15, 0.2) is 30.3 Å². The Morgan fingerprint density at radius 2 is 1.74 bits per heavy atom. The van der Waals surface area contributed by atoms with Crippen LogP contribution in [0, 0.1) is 5.92 Å². The summed E-state index contributed by atoms with van der Waals surface area (Å²) in [6.07, 6.45) is 6.22. The fraction of sp³-hybridized carbons (Fsp3) is 0.565. The van der Waals surface area contributed by atoms with Gasteiger partial charge in [-0.1, -0.05) is 37.5 Å².